The monoisotopic (exact) mass is 403 g/mol. The molecule has 1 aromatic carbocycles. The number of anilines is 3. The van der Waals surface area contributed by atoms with Gasteiger partial charge in [0.05, 0.1) is 35.1 Å². The van der Waals surface area contributed by atoms with Gasteiger partial charge in [-0.2, -0.15) is 10.2 Å². The molecule has 0 spiro atoms. The van der Waals surface area contributed by atoms with Crippen LogP contribution >= 0.6 is 0 Å². The van der Waals surface area contributed by atoms with Crippen LogP contribution in [-0.4, -0.2) is 43.3 Å². The molecule has 0 bridgehead atoms. The number of nitrogens with zero attached hydrogens (tertiary/aromatic N) is 5. The van der Waals surface area contributed by atoms with E-state index < -0.39 is 0 Å². The van der Waals surface area contributed by atoms with Gasteiger partial charge in [0.25, 0.3) is 0 Å². The van der Waals surface area contributed by atoms with Gasteiger partial charge in [0.1, 0.15) is 11.6 Å². The third kappa shape index (κ3) is 3.39. The first-order valence-electron chi connectivity index (χ1n) is 10.1. The number of pyridine rings is 1. The second kappa shape index (κ2) is 7.14. The van der Waals surface area contributed by atoms with Gasteiger partial charge >= 0.3 is 0 Å². The van der Waals surface area contributed by atoms with Crippen LogP contribution < -0.4 is 10.6 Å². The summed E-state index contributed by atoms with van der Waals surface area (Å²) in [6.45, 7) is 3.64. The summed E-state index contributed by atoms with van der Waals surface area (Å²) >= 11 is 0. The number of hydrogen-bond acceptors (Lipinski definition) is 6. The number of ether oxygens (including phenoxy) is 1. The fourth-order valence-corrected chi connectivity index (χ4v) is 3.84. The second-order valence-electron chi connectivity index (χ2n) is 8.08. The lowest BCUT2D eigenvalue weighted by Crippen LogP contribution is -2.35. The van der Waals surface area contributed by atoms with Crippen molar-refractivity contribution in [2.24, 2.45) is 14.1 Å². The fourth-order valence-electron chi connectivity index (χ4n) is 3.84. The molecule has 1 fully saturated rings. The van der Waals surface area contributed by atoms with Gasteiger partial charge in [-0.3, -0.25) is 9.36 Å². The van der Waals surface area contributed by atoms with Crippen molar-refractivity contribution in [3.8, 4) is 11.3 Å². The van der Waals surface area contributed by atoms with Gasteiger partial charge in [0.15, 0.2) is 5.65 Å². The molecule has 1 aliphatic rings. The van der Waals surface area contributed by atoms with E-state index in [1.165, 1.54) is 0 Å². The zero-order chi connectivity index (χ0) is 20.7. The van der Waals surface area contributed by atoms with E-state index in [4.69, 9.17) is 9.72 Å². The third-order valence-electron chi connectivity index (χ3n) is 5.57. The van der Waals surface area contributed by atoms with Crippen LogP contribution in [0.15, 0.2) is 48.7 Å². The standard InChI is InChI=1S/C22H25N7O/c1-22(9-10-30-14-22)26-18-11-19(25-21-16(18)13-23-29(21)3)24-20-12-17(27-28(20)2)15-7-5-4-6-8-15/h4-8,11-13H,9-10,14H2,1-3H3,(H2,24,25,26)/t22-/m1/s1. The van der Waals surface area contributed by atoms with Crippen molar-refractivity contribution in [1.82, 2.24) is 24.5 Å². The van der Waals surface area contributed by atoms with E-state index >= 15 is 0 Å². The lowest BCUT2D eigenvalue weighted by atomic mass is 10.0. The lowest BCUT2D eigenvalue weighted by Gasteiger charge is -2.25. The number of benzene rings is 1. The zero-order valence-electron chi connectivity index (χ0n) is 17.4. The average Bonchev–Trinajstić information content (AvgIpc) is 3.43. The maximum absolute atomic E-state index is 5.61. The summed E-state index contributed by atoms with van der Waals surface area (Å²) in [4.78, 5) is 4.79. The molecule has 2 N–H and O–H groups in total. The maximum Gasteiger partial charge on any atom is 0.161 e. The molecular weight excluding hydrogens is 378 g/mol. The quantitative estimate of drug-likeness (QED) is 0.529. The normalized spacial score (nSPS) is 18.8. The van der Waals surface area contributed by atoms with Crippen LogP contribution in [0.2, 0.25) is 0 Å². The Morgan fingerprint density at radius 1 is 1.10 bits per heavy atom. The smallest absolute Gasteiger partial charge is 0.161 e. The Labute approximate surface area is 174 Å². The van der Waals surface area contributed by atoms with Crippen LogP contribution in [0.3, 0.4) is 0 Å². The van der Waals surface area contributed by atoms with Gasteiger partial charge in [-0.1, -0.05) is 30.3 Å². The molecule has 154 valence electrons. The van der Waals surface area contributed by atoms with E-state index in [0.29, 0.717) is 6.61 Å². The molecule has 0 saturated carbocycles. The largest absolute Gasteiger partial charge is 0.379 e. The second-order valence-corrected chi connectivity index (χ2v) is 8.08. The summed E-state index contributed by atoms with van der Waals surface area (Å²) in [7, 11) is 3.83. The van der Waals surface area contributed by atoms with Crippen molar-refractivity contribution in [2.75, 3.05) is 23.8 Å². The van der Waals surface area contributed by atoms with E-state index in [2.05, 4.69) is 39.9 Å². The Kier molecular flexibility index (Phi) is 4.43. The van der Waals surface area contributed by atoms with Crippen molar-refractivity contribution < 1.29 is 4.74 Å². The number of fused-ring (bicyclic) bond motifs is 1. The van der Waals surface area contributed by atoms with Crippen LogP contribution in [0.25, 0.3) is 22.3 Å². The minimum atomic E-state index is -0.103. The van der Waals surface area contributed by atoms with Gasteiger partial charge in [-0.05, 0) is 13.3 Å². The minimum absolute atomic E-state index is 0.103. The van der Waals surface area contributed by atoms with Crippen molar-refractivity contribution in [2.45, 2.75) is 18.9 Å². The summed E-state index contributed by atoms with van der Waals surface area (Å²) in [5.41, 5.74) is 3.70. The highest BCUT2D eigenvalue weighted by Gasteiger charge is 2.30. The molecule has 8 nitrogen and oxygen atoms in total. The van der Waals surface area contributed by atoms with E-state index in [-0.39, 0.29) is 5.54 Å². The Morgan fingerprint density at radius 2 is 1.93 bits per heavy atom. The highest BCUT2D eigenvalue weighted by molar-refractivity contribution is 5.91. The molecule has 30 heavy (non-hydrogen) atoms. The van der Waals surface area contributed by atoms with Crippen LogP contribution in [0, 0.1) is 0 Å². The van der Waals surface area contributed by atoms with Crippen molar-refractivity contribution in [3.05, 3.63) is 48.7 Å². The van der Waals surface area contributed by atoms with Gasteiger partial charge in [0, 0.05) is 38.4 Å². The first-order chi connectivity index (χ1) is 14.5. The van der Waals surface area contributed by atoms with E-state index in [9.17, 15) is 0 Å². The predicted octanol–water partition coefficient (Wildman–Crippen LogP) is 3.70. The maximum atomic E-state index is 5.61. The molecule has 0 unspecified atom stereocenters. The summed E-state index contributed by atoms with van der Waals surface area (Å²) in [5, 5.41) is 17.1. The summed E-state index contributed by atoms with van der Waals surface area (Å²) < 4.78 is 9.23. The molecular formula is C22H25N7O. The molecule has 8 heteroatoms. The molecule has 0 amide bonds. The third-order valence-corrected chi connectivity index (χ3v) is 5.57. The molecule has 4 heterocycles. The molecule has 0 radical (unpaired) electrons. The molecule has 1 aliphatic heterocycles. The highest BCUT2D eigenvalue weighted by atomic mass is 16.5. The minimum Gasteiger partial charge on any atom is -0.379 e. The molecule has 5 rings (SSSR count). The first-order valence-corrected chi connectivity index (χ1v) is 10.1. The van der Waals surface area contributed by atoms with Crippen LogP contribution in [-0.2, 0) is 18.8 Å². The average molecular weight is 403 g/mol. The van der Waals surface area contributed by atoms with Crippen molar-refractivity contribution in [3.63, 3.8) is 0 Å². The molecule has 1 atom stereocenters. The molecule has 0 aliphatic carbocycles. The van der Waals surface area contributed by atoms with Crippen LogP contribution in [0.1, 0.15) is 13.3 Å². The van der Waals surface area contributed by atoms with Gasteiger partial charge in [-0.15, -0.1) is 0 Å². The molecule has 4 aromatic rings. The lowest BCUT2D eigenvalue weighted by molar-refractivity contribution is 0.185. The Balaban J connectivity index is 1.50. The Bertz CT molecular complexity index is 1190. The summed E-state index contributed by atoms with van der Waals surface area (Å²) in [6.07, 6.45) is 2.81. The summed E-state index contributed by atoms with van der Waals surface area (Å²) in [5.74, 6) is 1.60. The molecule has 1 saturated heterocycles. The van der Waals surface area contributed by atoms with Crippen molar-refractivity contribution >= 4 is 28.4 Å². The number of aromatic nitrogens is 5. The first kappa shape index (κ1) is 18.6. The van der Waals surface area contributed by atoms with Crippen molar-refractivity contribution in [1.29, 1.82) is 0 Å². The van der Waals surface area contributed by atoms with Gasteiger partial charge < -0.3 is 15.4 Å². The number of nitrogens with one attached hydrogen (secondary N) is 2. The zero-order valence-corrected chi connectivity index (χ0v) is 17.4. The topological polar surface area (TPSA) is 81.8 Å². The van der Waals surface area contributed by atoms with E-state index in [0.717, 1.165) is 52.6 Å². The SMILES string of the molecule is Cn1nc(-c2ccccc2)cc1Nc1cc(N[C@]2(C)CCOC2)c2cnn(C)c2n1. The molecule has 3 aromatic heterocycles. The van der Waals surface area contributed by atoms with E-state index in [1.807, 2.05) is 55.3 Å². The van der Waals surface area contributed by atoms with Gasteiger partial charge in [-0.25, -0.2) is 4.98 Å². The van der Waals surface area contributed by atoms with Crippen LogP contribution in [0.5, 0.6) is 0 Å². The van der Waals surface area contributed by atoms with Gasteiger partial charge in [0.2, 0.25) is 0 Å². The van der Waals surface area contributed by atoms with Crippen LogP contribution in [0.4, 0.5) is 17.3 Å². The summed E-state index contributed by atoms with van der Waals surface area (Å²) in [6, 6.07) is 14.2. The Hall–Kier alpha value is -3.39. The Morgan fingerprint density at radius 3 is 2.70 bits per heavy atom. The number of rotatable bonds is 5. The van der Waals surface area contributed by atoms with E-state index in [1.54, 1.807) is 4.68 Å². The number of hydrogen-bond donors (Lipinski definition) is 2. The predicted molar refractivity (Wildman–Crippen MR) is 118 cm³/mol. The number of aryl methyl sites for hydroxylation is 2. The fraction of sp³-hybridized carbons (Fsp3) is 0.318. The highest BCUT2D eigenvalue weighted by Crippen LogP contribution is 2.32.